The molecule has 0 heterocycles. The fourth-order valence-electron chi connectivity index (χ4n) is 0.908. The Morgan fingerprint density at radius 1 is 1.44 bits per heavy atom. The lowest BCUT2D eigenvalue weighted by atomic mass is 10.1. The highest BCUT2D eigenvalue weighted by atomic mass is 31.2. The Morgan fingerprint density at radius 2 is 1.88 bits per heavy atom. The van der Waals surface area contributed by atoms with Gasteiger partial charge in [0.15, 0.2) is 5.78 Å². The van der Waals surface area contributed by atoms with Crippen LogP contribution in [0.2, 0.25) is 0 Å². The number of phosphoric acid groups is 1. The molecule has 6 nitrogen and oxygen atoms in total. The van der Waals surface area contributed by atoms with Gasteiger partial charge in [-0.1, -0.05) is 32.8 Å². The highest BCUT2D eigenvalue weighted by Gasteiger charge is 2.07. The lowest BCUT2D eigenvalue weighted by Crippen LogP contribution is -2.28. The first-order chi connectivity index (χ1) is 7.22. The molecule has 0 aromatic rings. The summed E-state index contributed by atoms with van der Waals surface area (Å²) in [6, 6.07) is -0.320. The van der Waals surface area contributed by atoms with Gasteiger partial charge >= 0.3 is 7.82 Å². The number of hydrogen-bond donors (Lipinski definition) is 4. The number of ketones is 1. The van der Waals surface area contributed by atoms with Gasteiger partial charge in [-0.25, -0.2) is 4.57 Å². The highest BCUT2D eigenvalue weighted by Crippen LogP contribution is 2.25. The molecule has 0 aromatic heterocycles. The number of nitrogens with two attached hydrogens (primary N) is 1. The molecule has 5 N–H and O–H groups in total. The van der Waals surface area contributed by atoms with E-state index in [1.807, 2.05) is 0 Å². The monoisotopic (exact) mass is 253 g/mol. The van der Waals surface area contributed by atoms with E-state index in [0.29, 0.717) is 0 Å². The summed E-state index contributed by atoms with van der Waals surface area (Å²) in [6.07, 6.45) is 5.44. The lowest BCUT2D eigenvalue weighted by molar-refractivity contribution is -0.115. The predicted molar refractivity (Wildman–Crippen MR) is 61.6 cm³/mol. The van der Waals surface area contributed by atoms with Gasteiger partial charge in [0.05, 0.1) is 6.04 Å². The van der Waals surface area contributed by atoms with E-state index in [0.717, 1.165) is 25.7 Å². The van der Waals surface area contributed by atoms with Gasteiger partial charge < -0.3 is 20.4 Å². The van der Waals surface area contributed by atoms with Crippen molar-refractivity contribution in [3.8, 4) is 0 Å². The van der Waals surface area contributed by atoms with Crippen molar-refractivity contribution >= 4 is 13.6 Å². The van der Waals surface area contributed by atoms with Gasteiger partial charge in [0.1, 0.15) is 0 Å². The Morgan fingerprint density at radius 3 is 2.19 bits per heavy atom. The van der Waals surface area contributed by atoms with Gasteiger partial charge in [-0.15, -0.1) is 0 Å². The number of carbonyl (C=O) groups excluding carboxylic acids is 1. The average Bonchev–Trinajstić information content (AvgIpc) is 2.14. The van der Waals surface area contributed by atoms with Crippen LogP contribution < -0.4 is 5.73 Å². The molecule has 0 saturated heterocycles. The van der Waals surface area contributed by atoms with Crippen LogP contribution >= 0.6 is 7.82 Å². The molecule has 7 heteroatoms. The van der Waals surface area contributed by atoms with Crippen LogP contribution in [0.4, 0.5) is 0 Å². The first-order valence-corrected chi connectivity index (χ1v) is 6.49. The molecule has 0 aliphatic rings. The minimum absolute atomic E-state index is 0.0406. The third-order valence-corrected chi connectivity index (χ3v) is 1.69. The zero-order valence-corrected chi connectivity index (χ0v) is 10.3. The van der Waals surface area contributed by atoms with Gasteiger partial charge in [-0.3, -0.25) is 4.79 Å². The van der Waals surface area contributed by atoms with Crippen molar-refractivity contribution in [3.63, 3.8) is 0 Å². The third-order valence-electron chi connectivity index (χ3n) is 1.69. The molecule has 16 heavy (non-hydrogen) atoms. The van der Waals surface area contributed by atoms with E-state index in [2.05, 4.69) is 13.5 Å². The summed E-state index contributed by atoms with van der Waals surface area (Å²) in [7, 11) is -4.64. The molecule has 1 unspecified atom stereocenters. The zero-order valence-electron chi connectivity index (χ0n) is 9.37. The van der Waals surface area contributed by atoms with E-state index in [9.17, 15) is 4.79 Å². The fraction of sp³-hybridized carbons (Fsp3) is 0.667. The maximum atomic E-state index is 10.9. The number of carbonyl (C=O) groups is 1. The van der Waals surface area contributed by atoms with E-state index in [1.165, 1.54) is 6.08 Å². The second-order valence-corrected chi connectivity index (χ2v) is 4.25. The zero-order chi connectivity index (χ0) is 13.2. The smallest absolute Gasteiger partial charge is 0.321 e. The van der Waals surface area contributed by atoms with Crippen molar-refractivity contribution in [1.82, 2.24) is 0 Å². The van der Waals surface area contributed by atoms with Crippen molar-refractivity contribution in [2.24, 2.45) is 5.73 Å². The molecule has 0 amide bonds. The van der Waals surface area contributed by atoms with E-state index >= 15 is 0 Å². The molecule has 96 valence electrons. The van der Waals surface area contributed by atoms with Crippen molar-refractivity contribution < 1.29 is 24.0 Å². The lowest BCUT2D eigenvalue weighted by Gasteiger charge is -2.05. The SMILES string of the molecule is C=CC(=O)C(N)CCCCC.O=P(O)(O)O. The first kappa shape index (κ1) is 17.9. The summed E-state index contributed by atoms with van der Waals surface area (Å²) in [4.78, 5) is 32.4. The summed E-state index contributed by atoms with van der Waals surface area (Å²) in [5, 5.41) is 0. The van der Waals surface area contributed by atoms with E-state index in [-0.39, 0.29) is 11.8 Å². The maximum absolute atomic E-state index is 10.9. The molecule has 0 aliphatic heterocycles. The Hall–Kier alpha value is -0.520. The molecule has 0 bridgehead atoms. The number of hydrogen-bond acceptors (Lipinski definition) is 3. The van der Waals surface area contributed by atoms with Crippen LogP contribution in [-0.4, -0.2) is 26.5 Å². The van der Waals surface area contributed by atoms with E-state index in [1.54, 1.807) is 0 Å². The molecular formula is C9H20NO5P. The Labute approximate surface area is 95.4 Å². The van der Waals surface area contributed by atoms with Crippen LogP contribution in [0.3, 0.4) is 0 Å². The molecule has 0 radical (unpaired) electrons. The van der Waals surface area contributed by atoms with Gasteiger partial charge in [0.2, 0.25) is 0 Å². The van der Waals surface area contributed by atoms with Gasteiger partial charge in [0, 0.05) is 0 Å². The topological polar surface area (TPSA) is 121 Å². The van der Waals surface area contributed by atoms with E-state index in [4.69, 9.17) is 25.0 Å². The quantitative estimate of drug-likeness (QED) is 0.314. The minimum atomic E-state index is -4.64. The maximum Gasteiger partial charge on any atom is 0.466 e. The minimum Gasteiger partial charge on any atom is -0.321 e. The summed E-state index contributed by atoms with van der Waals surface area (Å²) >= 11 is 0. The van der Waals surface area contributed by atoms with Crippen molar-refractivity contribution in [1.29, 1.82) is 0 Å². The van der Waals surface area contributed by atoms with E-state index < -0.39 is 7.82 Å². The Kier molecular flexibility index (Phi) is 10.8. The molecule has 0 rings (SSSR count). The Bertz CT molecular complexity index is 242. The molecule has 0 aliphatic carbocycles. The average molecular weight is 253 g/mol. The van der Waals surface area contributed by atoms with Crippen molar-refractivity contribution in [2.75, 3.05) is 0 Å². The second-order valence-electron chi connectivity index (χ2n) is 3.22. The second kappa shape index (κ2) is 9.69. The number of unbranched alkanes of at least 4 members (excludes halogenated alkanes) is 2. The summed E-state index contributed by atoms with van der Waals surface area (Å²) in [6.45, 7) is 5.51. The van der Waals surface area contributed by atoms with Gasteiger partial charge in [-0.05, 0) is 12.5 Å². The largest absolute Gasteiger partial charge is 0.466 e. The molecular weight excluding hydrogens is 233 g/mol. The molecule has 1 atom stereocenters. The molecule has 0 fully saturated rings. The van der Waals surface area contributed by atoms with Gasteiger partial charge in [-0.2, -0.15) is 0 Å². The van der Waals surface area contributed by atoms with Crippen molar-refractivity contribution in [2.45, 2.75) is 38.6 Å². The van der Waals surface area contributed by atoms with Crippen LogP contribution in [0, 0.1) is 0 Å². The standard InChI is InChI=1S/C9H17NO.H3O4P/c1-3-5-6-7-8(10)9(11)4-2;1-5(2,3)4/h4,8H,2-3,5-7,10H2,1H3;(H3,1,2,3,4). The normalized spacial score (nSPS) is 12.3. The van der Waals surface area contributed by atoms with Crippen LogP contribution in [0.1, 0.15) is 32.6 Å². The van der Waals surface area contributed by atoms with Crippen LogP contribution in [0.15, 0.2) is 12.7 Å². The van der Waals surface area contributed by atoms with Crippen LogP contribution in [-0.2, 0) is 9.36 Å². The summed E-state index contributed by atoms with van der Waals surface area (Å²) < 4.78 is 8.88. The number of rotatable bonds is 6. The molecule has 0 aromatic carbocycles. The predicted octanol–water partition coefficient (Wildman–Crippen LogP) is 0.720. The molecule has 0 spiro atoms. The van der Waals surface area contributed by atoms with Gasteiger partial charge in [0.25, 0.3) is 0 Å². The first-order valence-electron chi connectivity index (χ1n) is 4.92. The van der Waals surface area contributed by atoms with Crippen molar-refractivity contribution in [3.05, 3.63) is 12.7 Å². The summed E-state index contributed by atoms with van der Waals surface area (Å²) in [5.74, 6) is -0.0406. The summed E-state index contributed by atoms with van der Waals surface area (Å²) in [5.41, 5.74) is 5.55. The Balaban J connectivity index is 0. The molecule has 0 saturated carbocycles. The van der Waals surface area contributed by atoms with Crippen LogP contribution in [0.5, 0.6) is 0 Å². The van der Waals surface area contributed by atoms with Crippen LogP contribution in [0.25, 0.3) is 0 Å². The highest BCUT2D eigenvalue weighted by molar-refractivity contribution is 7.45. The third kappa shape index (κ3) is 19.1. The fourth-order valence-corrected chi connectivity index (χ4v) is 0.908.